The fraction of sp³-hybridized carbons (Fsp3) is 0. The molecule has 0 amide bonds. The Balaban J connectivity index is 3.06. The molecule has 0 heterocycles. The summed E-state index contributed by atoms with van der Waals surface area (Å²) in [5.74, 6) is -0.529. The minimum Gasteiger partial charge on any atom is -0.501 e. The molecule has 0 aliphatic rings. The van der Waals surface area contributed by atoms with Crippen molar-refractivity contribution in [1.82, 2.24) is 0 Å². The summed E-state index contributed by atoms with van der Waals surface area (Å²) >= 11 is 0. The van der Waals surface area contributed by atoms with Crippen molar-refractivity contribution in [1.29, 1.82) is 5.39 Å². The van der Waals surface area contributed by atoms with E-state index in [0.29, 0.717) is 0 Å². The quantitative estimate of drug-likeness (QED) is 0.597. The lowest BCUT2D eigenvalue weighted by molar-refractivity contribution is 0.470. The molecule has 0 saturated carbocycles. The van der Waals surface area contributed by atoms with Crippen LogP contribution >= 0.6 is 0 Å². The van der Waals surface area contributed by atoms with Crippen LogP contribution in [0.2, 0.25) is 0 Å². The van der Waals surface area contributed by atoms with Crippen LogP contribution in [0.15, 0.2) is 35.2 Å². The van der Waals surface area contributed by atoms with Crippen molar-refractivity contribution in [3.05, 3.63) is 35.3 Å². The maximum absolute atomic E-state index is 11.2. The molecule has 6 nitrogen and oxygen atoms in total. The summed E-state index contributed by atoms with van der Waals surface area (Å²) in [7, 11) is -4.46. The van der Waals surface area contributed by atoms with E-state index in [-0.39, 0.29) is 16.5 Å². The standard InChI is InChI=1S/C10H6N2O4S/c11-12-10-7-4-2-1-3-6(7)9(5-8(10)13)17(14,15)16/h1-5H,(H-,13,14,15,16)/p+1. The van der Waals surface area contributed by atoms with Crippen LogP contribution in [0, 0.1) is 5.39 Å². The number of nitrogens with zero attached hydrogens (tertiary/aromatic N) is 2. The number of phenols is 1. The van der Waals surface area contributed by atoms with Crippen LogP contribution in [-0.2, 0) is 10.1 Å². The van der Waals surface area contributed by atoms with Crippen LogP contribution in [0.3, 0.4) is 0 Å². The summed E-state index contributed by atoms with van der Waals surface area (Å²) in [5, 5.41) is 18.7. The Hall–Kier alpha value is -2.17. The Morgan fingerprint density at radius 3 is 2.29 bits per heavy atom. The Morgan fingerprint density at radius 2 is 1.76 bits per heavy atom. The van der Waals surface area contributed by atoms with E-state index in [1.54, 1.807) is 12.1 Å². The number of hydrogen-bond acceptors (Lipinski definition) is 4. The minimum atomic E-state index is -4.46. The largest absolute Gasteiger partial charge is 0.501 e. The van der Waals surface area contributed by atoms with E-state index in [4.69, 9.17) is 9.95 Å². The zero-order valence-corrected chi connectivity index (χ0v) is 9.22. The molecular weight excluding hydrogens is 244 g/mol. The van der Waals surface area contributed by atoms with E-state index < -0.39 is 20.8 Å². The number of hydrogen-bond donors (Lipinski definition) is 2. The molecule has 0 aromatic heterocycles. The normalized spacial score (nSPS) is 11.3. The second kappa shape index (κ2) is 3.69. The smallest absolute Gasteiger partial charge is 0.433 e. The summed E-state index contributed by atoms with van der Waals surface area (Å²) in [4.78, 5) is 2.46. The SMILES string of the molecule is N#[N+]c1c(O)cc(S(=O)(=O)O)c2ccccc12. The molecule has 0 aliphatic heterocycles. The molecule has 2 aromatic rings. The van der Waals surface area contributed by atoms with Crippen LogP contribution in [0.4, 0.5) is 5.69 Å². The van der Waals surface area contributed by atoms with Crippen molar-refractivity contribution in [3.63, 3.8) is 0 Å². The van der Waals surface area contributed by atoms with Gasteiger partial charge in [0.2, 0.25) is 11.1 Å². The van der Waals surface area contributed by atoms with Gasteiger partial charge in [-0.1, -0.05) is 18.2 Å². The molecule has 0 aliphatic carbocycles. The van der Waals surface area contributed by atoms with Gasteiger partial charge >= 0.3 is 5.69 Å². The highest BCUT2D eigenvalue weighted by Gasteiger charge is 2.25. The molecule has 0 spiro atoms. The van der Waals surface area contributed by atoms with E-state index in [9.17, 15) is 13.5 Å². The van der Waals surface area contributed by atoms with Gasteiger partial charge in [0.15, 0.2) is 4.98 Å². The molecular formula is C10H7N2O4S+. The van der Waals surface area contributed by atoms with Crippen molar-refractivity contribution < 1.29 is 18.1 Å². The Morgan fingerprint density at radius 1 is 1.18 bits per heavy atom. The summed E-state index contributed by atoms with van der Waals surface area (Å²) < 4.78 is 31.3. The first-order valence-electron chi connectivity index (χ1n) is 4.52. The van der Waals surface area contributed by atoms with Gasteiger partial charge in [0.25, 0.3) is 10.1 Å². The molecule has 7 heteroatoms. The molecule has 0 radical (unpaired) electrons. The summed E-state index contributed by atoms with van der Waals surface area (Å²) in [6, 6.07) is 6.90. The number of rotatable bonds is 1. The molecule has 0 bridgehead atoms. The Kier molecular flexibility index (Phi) is 2.46. The predicted molar refractivity (Wildman–Crippen MR) is 60.2 cm³/mol. The lowest BCUT2D eigenvalue weighted by atomic mass is 10.1. The number of phenolic OH excluding ortho intramolecular Hbond substituents is 1. The van der Waals surface area contributed by atoms with E-state index in [0.717, 1.165) is 6.07 Å². The van der Waals surface area contributed by atoms with E-state index in [2.05, 4.69) is 4.98 Å². The fourth-order valence-corrected chi connectivity index (χ4v) is 2.35. The predicted octanol–water partition coefficient (Wildman–Crippen LogP) is 2.28. The second-order valence-electron chi connectivity index (χ2n) is 3.36. The van der Waals surface area contributed by atoms with Crippen LogP contribution < -0.4 is 0 Å². The van der Waals surface area contributed by atoms with Crippen molar-refractivity contribution in [2.24, 2.45) is 0 Å². The van der Waals surface area contributed by atoms with Crippen LogP contribution in [0.25, 0.3) is 15.7 Å². The fourth-order valence-electron chi connectivity index (χ4n) is 1.63. The molecule has 2 rings (SSSR count). The molecule has 17 heavy (non-hydrogen) atoms. The summed E-state index contributed by atoms with van der Waals surface area (Å²) in [6.07, 6.45) is 0. The lowest BCUT2D eigenvalue weighted by Gasteiger charge is -2.02. The maximum Gasteiger partial charge on any atom is 0.433 e. The average molecular weight is 251 g/mol. The molecule has 0 unspecified atom stereocenters. The van der Waals surface area contributed by atoms with Crippen LogP contribution in [0.5, 0.6) is 5.75 Å². The minimum absolute atomic E-state index is 0.145. The topological polar surface area (TPSA) is 103 Å². The first-order valence-corrected chi connectivity index (χ1v) is 5.96. The highest BCUT2D eigenvalue weighted by atomic mass is 32.2. The zero-order valence-electron chi connectivity index (χ0n) is 8.40. The van der Waals surface area contributed by atoms with Gasteiger partial charge in [-0.2, -0.15) is 8.42 Å². The second-order valence-corrected chi connectivity index (χ2v) is 4.75. The van der Waals surface area contributed by atoms with Crippen molar-refractivity contribution in [3.8, 4) is 5.75 Å². The third-order valence-corrected chi connectivity index (χ3v) is 3.23. The van der Waals surface area contributed by atoms with Gasteiger partial charge in [-0.15, -0.1) is 0 Å². The maximum atomic E-state index is 11.2. The van der Waals surface area contributed by atoms with Crippen molar-refractivity contribution in [2.45, 2.75) is 4.90 Å². The Bertz CT molecular complexity index is 747. The number of fused-ring (bicyclic) bond motifs is 1. The lowest BCUT2D eigenvalue weighted by Crippen LogP contribution is -1.99. The van der Waals surface area contributed by atoms with Crippen molar-refractivity contribution >= 4 is 26.6 Å². The van der Waals surface area contributed by atoms with Crippen LogP contribution in [0.1, 0.15) is 0 Å². The monoisotopic (exact) mass is 251 g/mol. The van der Waals surface area contributed by atoms with E-state index in [1.807, 2.05) is 0 Å². The first-order chi connectivity index (χ1) is 7.95. The first kappa shape index (κ1) is 11.3. The molecule has 2 aromatic carbocycles. The summed E-state index contributed by atoms with van der Waals surface area (Å²) in [5.41, 5.74) is -0.145. The molecule has 2 N–H and O–H groups in total. The molecule has 0 saturated heterocycles. The highest BCUT2D eigenvalue weighted by Crippen LogP contribution is 2.38. The van der Waals surface area contributed by atoms with Gasteiger partial charge in [-0.05, 0) is 6.07 Å². The summed E-state index contributed by atoms with van der Waals surface area (Å²) in [6.45, 7) is 0. The van der Waals surface area contributed by atoms with Gasteiger partial charge in [-0.3, -0.25) is 4.55 Å². The van der Waals surface area contributed by atoms with Gasteiger partial charge in [-0.25, -0.2) is 0 Å². The van der Waals surface area contributed by atoms with Crippen molar-refractivity contribution in [2.75, 3.05) is 0 Å². The zero-order chi connectivity index (χ0) is 12.6. The number of diazo groups is 1. The van der Waals surface area contributed by atoms with Gasteiger partial charge in [0.1, 0.15) is 4.90 Å². The average Bonchev–Trinajstić information content (AvgIpc) is 2.27. The Labute approximate surface area is 96.5 Å². The van der Waals surface area contributed by atoms with E-state index in [1.165, 1.54) is 12.1 Å². The van der Waals surface area contributed by atoms with E-state index >= 15 is 0 Å². The highest BCUT2D eigenvalue weighted by molar-refractivity contribution is 7.86. The third kappa shape index (κ3) is 1.80. The molecule has 0 atom stereocenters. The van der Waals surface area contributed by atoms with Gasteiger partial charge in [0.05, 0.1) is 5.39 Å². The third-order valence-electron chi connectivity index (χ3n) is 2.34. The van der Waals surface area contributed by atoms with Gasteiger partial charge in [0, 0.05) is 11.5 Å². The molecule has 86 valence electrons. The van der Waals surface area contributed by atoms with Gasteiger partial charge < -0.3 is 5.11 Å². The molecule has 0 fully saturated rings. The number of aromatic hydroxyl groups is 1. The number of benzene rings is 2. The van der Waals surface area contributed by atoms with Crippen LogP contribution in [-0.4, -0.2) is 18.1 Å².